The number of rotatable bonds is 9. The molecule has 1 aromatic rings. The molecule has 10 heteroatoms. The number of hydrogen-bond donors (Lipinski definition) is 2. The number of aliphatic carboxylic acids is 1. The van der Waals surface area contributed by atoms with Crippen molar-refractivity contribution in [1.82, 2.24) is 10.2 Å². The van der Waals surface area contributed by atoms with Crippen LogP contribution < -0.4 is 5.32 Å². The quantitative estimate of drug-likeness (QED) is 0.503. The molecule has 2 heterocycles. The average molecular weight is 495 g/mol. The number of methoxy groups -OCH3 is 1. The van der Waals surface area contributed by atoms with Gasteiger partial charge in [-0.2, -0.15) is 0 Å². The topological polar surface area (TPSA) is 113 Å². The van der Waals surface area contributed by atoms with E-state index in [1.165, 1.54) is 23.8 Å². The zero-order valence-corrected chi connectivity index (χ0v) is 20.2. The second kappa shape index (κ2) is 12.3. The van der Waals surface area contributed by atoms with Crippen LogP contribution in [0.25, 0.3) is 0 Å². The predicted octanol–water partition coefficient (Wildman–Crippen LogP) is 2.31. The van der Waals surface area contributed by atoms with Crippen LogP contribution in [0.2, 0.25) is 0 Å². The smallest absolute Gasteiger partial charge is 0.326 e. The zero-order valence-electron chi connectivity index (χ0n) is 18.6. The maximum absolute atomic E-state index is 13.3. The highest BCUT2D eigenvalue weighted by Crippen LogP contribution is 2.34. The lowest BCUT2D eigenvalue weighted by Crippen LogP contribution is -2.57. The van der Waals surface area contributed by atoms with Gasteiger partial charge in [0.25, 0.3) is 0 Å². The largest absolute Gasteiger partial charge is 0.480 e. The van der Waals surface area contributed by atoms with Crippen molar-refractivity contribution in [3.05, 3.63) is 35.9 Å². The Hall–Kier alpha value is -2.20. The van der Waals surface area contributed by atoms with Gasteiger partial charge in [0.15, 0.2) is 0 Å². The summed E-state index contributed by atoms with van der Waals surface area (Å²) < 4.78 is 4.69. The number of carboxylic acid groups (broad SMARTS) is 1. The molecule has 33 heavy (non-hydrogen) atoms. The van der Waals surface area contributed by atoms with Gasteiger partial charge in [0.1, 0.15) is 12.1 Å². The van der Waals surface area contributed by atoms with Crippen LogP contribution in [0.15, 0.2) is 30.3 Å². The van der Waals surface area contributed by atoms with Gasteiger partial charge in [-0.25, -0.2) is 4.79 Å². The van der Waals surface area contributed by atoms with E-state index >= 15 is 0 Å². The molecule has 3 rings (SSSR count). The van der Waals surface area contributed by atoms with Crippen LogP contribution in [0, 0.1) is 0 Å². The number of carbonyl (C=O) groups is 4. The summed E-state index contributed by atoms with van der Waals surface area (Å²) in [5, 5.41) is 11.9. The SMILES string of the molecule is COC(=O)CCSC(Cc1ccccc1)C(=O)N[C@H]1CCS[C@H]2CCC[C@@H](C(=O)O)N2C1=O. The Morgan fingerprint density at radius 3 is 2.70 bits per heavy atom. The van der Waals surface area contributed by atoms with E-state index in [0.717, 1.165) is 18.4 Å². The molecule has 2 N–H and O–H groups in total. The fourth-order valence-corrected chi connectivity index (χ4v) is 6.62. The molecule has 4 atom stereocenters. The molecule has 1 unspecified atom stereocenters. The second-order valence-corrected chi connectivity index (χ2v) is 10.7. The lowest BCUT2D eigenvalue weighted by atomic mass is 10.00. The summed E-state index contributed by atoms with van der Waals surface area (Å²) in [5.74, 6) is -0.846. The summed E-state index contributed by atoms with van der Waals surface area (Å²) in [6.45, 7) is 0. The molecule has 2 aliphatic rings. The molecule has 2 aliphatic heterocycles. The third-order valence-electron chi connectivity index (χ3n) is 5.85. The van der Waals surface area contributed by atoms with Crippen LogP contribution in [-0.4, -0.2) is 75.1 Å². The minimum Gasteiger partial charge on any atom is -0.480 e. The highest BCUT2D eigenvalue weighted by Gasteiger charge is 2.43. The van der Waals surface area contributed by atoms with E-state index in [9.17, 15) is 24.3 Å². The Kier molecular flexibility index (Phi) is 9.49. The number of ether oxygens (including phenoxy) is 1. The average Bonchev–Trinajstić information content (AvgIpc) is 2.97. The van der Waals surface area contributed by atoms with Crippen LogP contribution in [0.1, 0.15) is 37.7 Å². The van der Waals surface area contributed by atoms with Gasteiger partial charge in [0.2, 0.25) is 11.8 Å². The van der Waals surface area contributed by atoms with Gasteiger partial charge in [0, 0.05) is 5.75 Å². The molecule has 0 bridgehead atoms. The lowest BCUT2D eigenvalue weighted by Gasteiger charge is -2.39. The van der Waals surface area contributed by atoms with E-state index in [4.69, 9.17) is 0 Å². The molecule has 8 nitrogen and oxygen atoms in total. The Bertz CT molecular complexity index is 853. The molecule has 0 aliphatic carbocycles. The van der Waals surface area contributed by atoms with Crippen LogP contribution in [0.4, 0.5) is 0 Å². The zero-order chi connectivity index (χ0) is 23.8. The van der Waals surface area contributed by atoms with E-state index in [1.807, 2.05) is 30.3 Å². The van der Waals surface area contributed by atoms with E-state index in [1.54, 1.807) is 11.8 Å². The van der Waals surface area contributed by atoms with Crippen molar-refractivity contribution in [3.63, 3.8) is 0 Å². The van der Waals surface area contributed by atoms with E-state index in [-0.39, 0.29) is 29.6 Å². The molecule has 0 spiro atoms. The number of piperidine rings is 1. The molecule has 2 saturated heterocycles. The van der Waals surface area contributed by atoms with Gasteiger partial charge in [-0.1, -0.05) is 30.3 Å². The normalized spacial score (nSPS) is 23.7. The summed E-state index contributed by atoms with van der Waals surface area (Å²) >= 11 is 2.94. The maximum atomic E-state index is 13.3. The Balaban J connectivity index is 1.71. The molecule has 0 radical (unpaired) electrons. The van der Waals surface area contributed by atoms with Crippen molar-refractivity contribution < 1.29 is 29.0 Å². The minimum absolute atomic E-state index is 0.163. The number of nitrogens with one attached hydrogen (secondary N) is 1. The minimum atomic E-state index is -0.999. The fourth-order valence-electron chi connectivity index (χ4n) is 4.13. The molecule has 2 fully saturated rings. The number of amides is 2. The van der Waals surface area contributed by atoms with E-state index in [2.05, 4.69) is 10.1 Å². The molecule has 0 saturated carbocycles. The van der Waals surface area contributed by atoms with Crippen molar-refractivity contribution in [1.29, 1.82) is 0 Å². The first kappa shape index (κ1) is 25.4. The number of thioether (sulfide) groups is 2. The Labute approximate surface area is 202 Å². The Morgan fingerprint density at radius 2 is 2.00 bits per heavy atom. The molecule has 1 aromatic carbocycles. The van der Waals surface area contributed by atoms with Gasteiger partial charge in [0.05, 0.1) is 24.2 Å². The molecule has 2 amide bonds. The first-order valence-electron chi connectivity index (χ1n) is 11.1. The standard InChI is InChI=1S/C23H30N2O6S2/c1-31-20(26)11-13-32-18(14-15-6-3-2-4-7-15)21(27)24-16-10-12-33-19-9-5-8-17(23(29)30)25(19)22(16)28/h2-4,6-7,16-19H,5,8-14H2,1H3,(H,24,27)(H,29,30)/t16-,17-,18?,19-/m0/s1. The molecular formula is C23H30N2O6S2. The lowest BCUT2D eigenvalue weighted by molar-refractivity contribution is -0.154. The monoisotopic (exact) mass is 494 g/mol. The van der Waals surface area contributed by atoms with Crippen LogP contribution in [0.3, 0.4) is 0 Å². The maximum Gasteiger partial charge on any atom is 0.326 e. The van der Waals surface area contributed by atoms with Crippen molar-refractivity contribution in [3.8, 4) is 0 Å². The third-order valence-corrected chi connectivity index (χ3v) is 8.40. The van der Waals surface area contributed by atoms with Crippen LogP contribution in [0.5, 0.6) is 0 Å². The highest BCUT2D eigenvalue weighted by molar-refractivity contribution is 8.00. The van der Waals surface area contributed by atoms with Gasteiger partial charge in [-0.15, -0.1) is 23.5 Å². The Morgan fingerprint density at radius 1 is 1.24 bits per heavy atom. The van der Waals surface area contributed by atoms with E-state index in [0.29, 0.717) is 30.8 Å². The van der Waals surface area contributed by atoms with Crippen molar-refractivity contribution in [2.45, 2.75) is 61.2 Å². The first-order chi connectivity index (χ1) is 15.9. The highest BCUT2D eigenvalue weighted by atomic mass is 32.2. The number of benzene rings is 1. The van der Waals surface area contributed by atoms with E-state index < -0.39 is 23.3 Å². The summed E-state index contributed by atoms with van der Waals surface area (Å²) in [7, 11) is 1.33. The molecular weight excluding hydrogens is 464 g/mol. The molecule has 0 aromatic heterocycles. The number of carbonyl (C=O) groups excluding carboxylic acids is 3. The van der Waals surface area contributed by atoms with Crippen LogP contribution in [-0.2, 0) is 30.3 Å². The molecule has 180 valence electrons. The number of hydrogen-bond acceptors (Lipinski definition) is 7. The van der Waals surface area contributed by atoms with Crippen molar-refractivity contribution in [2.75, 3.05) is 18.6 Å². The van der Waals surface area contributed by atoms with Gasteiger partial charge in [-0.3, -0.25) is 14.4 Å². The fraction of sp³-hybridized carbons (Fsp3) is 0.565. The second-order valence-electron chi connectivity index (χ2n) is 8.08. The van der Waals surface area contributed by atoms with Crippen molar-refractivity contribution in [2.24, 2.45) is 0 Å². The number of fused-ring (bicyclic) bond motifs is 1. The third kappa shape index (κ3) is 6.89. The summed E-state index contributed by atoms with van der Waals surface area (Å²) in [6.07, 6.45) is 3.07. The summed E-state index contributed by atoms with van der Waals surface area (Å²) in [5.41, 5.74) is 0.980. The predicted molar refractivity (Wildman–Crippen MR) is 128 cm³/mol. The first-order valence-corrected chi connectivity index (χ1v) is 13.2. The van der Waals surface area contributed by atoms with Gasteiger partial charge >= 0.3 is 11.9 Å². The number of carboxylic acids is 1. The summed E-state index contributed by atoms with van der Waals surface area (Å²) in [4.78, 5) is 51.3. The van der Waals surface area contributed by atoms with Gasteiger partial charge < -0.3 is 20.1 Å². The van der Waals surface area contributed by atoms with Crippen LogP contribution >= 0.6 is 23.5 Å². The number of esters is 1. The number of nitrogens with zero attached hydrogens (tertiary/aromatic N) is 1. The summed E-state index contributed by atoms with van der Waals surface area (Å²) in [6, 6.07) is 7.97. The van der Waals surface area contributed by atoms with Crippen molar-refractivity contribution >= 4 is 47.3 Å². The van der Waals surface area contributed by atoms with Gasteiger partial charge in [-0.05, 0) is 43.4 Å².